The summed E-state index contributed by atoms with van der Waals surface area (Å²) < 4.78 is 28.2. The van der Waals surface area contributed by atoms with Crippen LogP contribution in [0.15, 0.2) is 0 Å². The second kappa shape index (κ2) is 6.42. The van der Waals surface area contributed by atoms with Gasteiger partial charge in [-0.25, -0.2) is 9.71 Å². The Morgan fingerprint density at radius 3 is 2.40 bits per heavy atom. The van der Waals surface area contributed by atoms with E-state index in [1.54, 1.807) is 0 Å². The van der Waals surface area contributed by atoms with Gasteiger partial charge in [0.05, 0.1) is 11.4 Å². The third kappa shape index (κ3) is 3.41. The molecule has 2 N–H and O–H groups in total. The first-order valence-electron chi connectivity index (χ1n) is 6.78. The Labute approximate surface area is 119 Å². The highest BCUT2D eigenvalue weighted by Gasteiger charge is 2.24. The van der Waals surface area contributed by atoms with Crippen molar-refractivity contribution >= 4 is 16.2 Å². The highest BCUT2D eigenvalue weighted by Crippen LogP contribution is 2.10. The Morgan fingerprint density at radius 1 is 1.15 bits per heavy atom. The Balaban J connectivity index is 2.16. The maximum absolute atomic E-state index is 12.2. The number of piperazine rings is 1. The molecular formula is C11H20N6O2S. The molecule has 1 fully saturated rings. The third-order valence-corrected chi connectivity index (χ3v) is 4.63. The lowest BCUT2D eigenvalue weighted by molar-refractivity contribution is 0.362. The molecule has 1 aromatic rings. The SMILES string of the molecule is CCc1nnc(NS(=O)(=O)N2CCNCC2)nc1CC. The fraction of sp³-hybridized carbons (Fsp3) is 0.727. The molecule has 0 bridgehead atoms. The molecule has 0 spiro atoms. The quantitative estimate of drug-likeness (QED) is 0.764. The molecule has 0 aromatic carbocycles. The number of rotatable bonds is 5. The van der Waals surface area contributed by atoms with Gasteiger partial charge in [0.2, 0.25) is 0 Å². The van der Waals surface area contributed by atoms with E-state index < -0.39 is 10.2 Å². The molecular weight excluding hydrogens is 280 g/mol. The fourth-order valence-corrected chi connectivity index (χ4v) is 3.16. The molecule has 0 aliphatic carbocycles. The van der Waals surface area contributed by atoms with Gasteiger partial charge < -0.3 is 5.32 Å². The summed E-state index contributed by atoms with van der Waals surface area (Å²) in [5, 5.41) is 11.0. The number of aromatic nitrogens is 3. The molecule has 1 aliphatic heterocycles. The van der Waals surface area contributed by atoms with Crippen molar-refractivity contribution < 1.29 is 8.42 Å². The van der Waals surface area contributed by atoms with Gasteiger partial charge in [0.1, 0.15) is 0 Å². The molecule has 112 valence electrons. The van der Waals surface area contributed by atoms with Crippen LogP contribution in [0.25, 0.3) is 0 Å². The Morgan fingerprint density at radius 2 is 1.80 bits per heavy atom. The van der Waals surface area contributed by atoms with Crippen molar-refractivity contribution in [3.63, 3.8) is 0 Å². The highest BCUT2D eigenvalue weighted by molar-refractivity contribution is 7.90. The van der Waals surface area contributed by atoms with E-state index >= 15 is 0 Å². The first kappa shape index (κ1) is 15.1. The van der Waals surface area contributed by atoms with Gasteiger partial charge in [-0.3, -0.25) is 0 Å². The van der Waals surface area contributed by atoms with Crippen LogP contribution in [-0.4, -0.2) is 54.1 Å². The molecule has 0 radical (unpaired) electrons. The lowest BCUT2D eigenvalue weighted by atomic mass is 10.2. The predicted molar refractivity (Wildman–Crippen MR) is 75.6 cm³/mol. The Hall–Kier alpha value is -1.32. The van der Waals surface area contributed by atoms with Gasteiger partial charge in [0, 0.05) is 26.2 Å². The van der Waals surface area contributed by atoms with Crippen molar-refractivity contribution in [2.24, 2.45) is 0 Å². The van der Waals surface area contributed by atoms with Gasteiger partial charge >= 0.3 is 10.2 Å². The molecule has 0 unspecified atom stereocenters. The number of nitrogens with one attached hydrogen (secondary N) is 2. The lowest BCUT2D eigenvalue weighted by Crippen LogP contribution is -2.48. The summed E-state index contributed by atoms with van der Waals surface area (Å²) in [6.45, 7) is 6.10. The first-order valence-corrected chi connectivity index (χ1v) is 8.22. The van der Waals surface area contributed by atoms with Crippen molar-refractivity contribution in [1.29, 1.82) is 0 Å². The molecule has 8 nitrogen and oxygen atoms in total. The van der Waals surface area contributed by atoms with Crippen molar-refractivity contribution in [2.75, 3.05) is 30.9 Å². The molecule has 1 aliphatic rings. The van der Waals surface area contributed by atoms with Crippen molar-refractivity contribution in [3.8, 4) is 0 Å². The molecule has 0 saturated carbocycles. The monoisotopic (exact) mass is 300 g/mol. The normalized spacial score (nSPS) is 17.1. The van der Waals surface area contributed by atoms with E-state index in [0.29, 0.717) is 32.6 Å². The predicted octanol–water partition coefficient (Wildman–Crippen LogP) is -0.442. The van der Waals surface area contributed by atoms with Crippen LogP contribution >= 0.6 is 0 Å². The van der Waals surface area contributed by atoms with Gasteiger partial charge in [0.25, 0.3) is 5.95 Å². The number of nitrogens with zero attached hydrogens (tertiary/aromatic N) is 4. The zero-order valence-corrected chi connectivity index (χ0v) is 12.6. The Bertz CT molecular complexity index is 556. The molecule has 0 atom stereocenters. The summed E-state index contributed by atoms with van der Waals surface area (Å²) in [7, 11) is -3.60. The topological polar surface area (TPSA) is 100 Å². The Kier molecular flexibility index (Phi) is 4.84. The van der Waals surface area contributed by atoms with Gasteiger partial charge in [-0.15, -0.1) is 10.2 Å². The second-order valence-electron chi connectivity index (χ2n) is 4.49. The maximum Gasteiger partial charge on any atom is 0.304 e. The van der Waals surface area contributed by atoms with Crippen LogP contribution in [0.2, 0.25) is 0 Å². The van der Waals surface area contributed by atoms with Crippen LogP contribution in [0.1, 0.15) is 25.2 Å². The van der Waals surface area contributed by atoms with Gasteiger partial charge in [-0.2, -0.15) is 12.7 Å². The van der Waals surface area contributed by atoms with E-state index in [-0.39, 0.29) is 5.95 Å². The van der Waals surface area contributed by atoms with Crippen LogP contribution in [0.3, 0.4) is 0 Å². The van der Waals surface area contributed by atoms with Gasteiger partial charge in [0.15, 0.2) is 0 Å². The van der Waals surface area contributed by atoms with Crippen molar-refractivity contribution in [3.05, 3.63) is 11.4 Å². The zero-order chi connectivity index (χ0) is 14.6. The number of hydrogen-bond donors (Lipinski definition) is 2. The van der Waals surface area contributed by atoms with E-state index in [2.05, 4.69) is 25.2 Å². The standard InChI is InChI=1S/C11H20N6O2S/c1-3-9-10(4-2)14-15-11(13-9)16-20(18,19)17-7-5-12-6-8-17/h12H,3-8H2,1-2H3,(H,13,15,16). The summed E-state index contributed by atoms with van der Waals surface area (Å²) in [5.74, 6) is 0.0394. The number of hydrogen-bond acceptors (Lipinski definition) is 6. The first-order chi connectivity index (χ1) is 9.56. The molecule has 9 heteroatoms. The molecule has 0 amide bonds. The van der Waals surface area contributed by atoms with Crippen molar-refractivity contribution in [1.82, 2.24) is 24.8 Å². The van der Waals surface area contributed by atoms with E-state index in [0.717, 1.165) is 17.8 Å². The lowest BCUT2D eigenvalue weighted by Gasteiger charge is -2.26. The molecule has 20 heavy (non-hydrogen) atoms. The summed E-state index contributed by atoms with van der Waals surface area (Å²) in [5.41, 5.74) is 1.58. The van der Waals surface area contributed by atoms with Crippen molar-refractivity contribution in [2.45, 2.75) is 26.7 Å². The molecule has 2 rings (SSSR count). The molecule has 2 heterocycles. The zero-order valence-electron chi connectivity index (χ0n) is 11.8. The smallest absolute Gasteiger partial charge is 0.304 e. The summed E-state index contributed by atoms with van der Waals surface area (Å²) in [4.78, 5) is 4.24. The van der Waals surface area contributed by atoms with Gasteiger partial charge in [-0.05, 0) is 12.8 Å². The largest absolute Gasteiger partial charge is 0.314 e. The van der Waals surface area contributed by atoms with E-state index in [4.69, 9.17) is 0 Å². The minimum Gasteiger partial charge on any atom is -0.314 e. The third-order valence-electron chi connectivity index (χ3n) is 3.15. The van der Waals surface area contributed by atoms with E-state index in [1.165, 1.54) is 4.31 Å². The number of aryl methyl sites for hydroxylation is 2. The number of anilines is 1. The summed E-state index contributed by atoms with van der Waals surface area (Å²) in [6, 6.07) is 0. The van der Waals surface area contributed by atoms with E-state index in [1.807, 2.05) is 13.8 Å². The summed E-state index contributed by atoms with van der Waals surface area (Å²) >= 11 is 0. The van der Waals surface area contributed by atoms with Gasteiger partial charge in [-0.1, -0.05) is 13.8 Å². The molecule has 1 saturated heterocycles. The minimum atomic E-state index is -3.60. The minimum absolute atomic E-state index is 0.0394. The average molecular weight is 300 g/mol. The van der Waals surface area contributed by atoms with Crippen LogP contribution in [0.4, 0.5) is 5.95 Å². The van der Waals surface area contributed by atoms with Crippen LogP contribution in [0, 0.1) is 0 Å². The van der Waals surface area contributed by atoms with Crippen LogP contribution < -0.4 is 10.0 Å². The average Bonchev–Trinajstić information content (AvgIpc) is 2.47. The second-order valence-corrected chi connectivity index (χ2v) is 6.16. The van der Waals surface area contributed by atoms with E-state index in [9.17, 15) is 8.42 Å². The van der Waals surface area contributed by atoms with Crippen LogP contribution in [0.5, 0.6) is 0 Å². The fourth-order valence-electron chi connectivity index (χ4n) is 2.05. The summed E-state index contributed by atoms with van der Waals surface area (Å²) in [6.07, 6.45) is 1.43. The highest BCUT2D eigenvalue weighted by atomic mass is 32.2. The maximum atomic E-state index is 12.2. The van der Waals surface area contributed by atoms with Crippen LogP contribution in [-0.2, 0) is 23.1 Å². The molecule has 1 aromatic heterocycles.